The van der Waals surface area contributed by atoms with Crippen molar-refractivity contribution < 1.29 is 19.0 Å². The predicted octanol–water partition coefficient (Wildman–Crippen LogP) is 4.75. The number of aliphatic hydroxyl groups is 1. The molecule has 4 rings (SSSR count). The fourth-order valence-corrected chi connectivity index (χ4v) is 4.80. The highest BCUT2D eigenvalue weighted by molar-refractivity contribution is 7.16. The summed E-state index contributed by atoms with van der Waals surface area (Å²) in [4.78, 5) is 20.1. The van der Waals surface area contributed by atoms with Gasteiger partial charge in [-0.3, -0.25) is 9.69 Å². The predicted molar refractivity (Wildman–Crippen MR) is 128 cm³/mol. The smallest absolute Gasteiger partial charge is 0.240 e. The van der Waals surface area contributed by atoms with Crippen LogP contribution in [0.25, 0.3) is 11.3 Å². The van der Waals surface area contributed by atoms with E-state index in [0.717, 1.165) is 16.1 Å². The monoisotopic (exact) mass is 489 g/mol. The van der Waals surface area contributed by atoms with Crippen LogP contribution in [0.3, 0.4) is 0 Å². The van der Waals surface area contributed by atoms with E-state index >= 15 is 0 Å². The van der Waals surface area contributed by atoms with Gasteiger partial charge < -0.3 is 15.2 Å². The first kappa shape index (κ1) is 23.6. The Morgan fingerprint density at radius 3 is 2.85 bits per heavy atom. The maximum absolute atomic E-state index is 13.2. The molecule has 0 saturated carbocycles. The standard InChI is InChI=1S/C24H25ClFN3O3S/c1-15-22(16-6-8-18(26)9-7-16)28-23(33-15)27-21(30)14-29-11-10-24(2,31)20(13-29)32-19-5-3-4-17(25)12-19/h3-9,12,20,31H,10-11,13-14H2,1-2H3,(H,27,28,30)/t20-,24-/m0/s1. The molecule has 1 saturated heterocycles. The van der Waals surface area contributed by atoms with Crippen LogP contribution in [0.2, 0.25) is 5.02 Å². The Labute approximate surface area is 201 Å². The van der Waals surface area contributed by atoms with Crippen LogP contribution < -0.4 is 10.1 Å². The molecule has 0 unspecified atom stereocenters. The Morgan fingerprint density at radius 2 is 2.12 bits per heavy atom. The second kappa shape index (κ2) is 9.77. The van der Waals surface area contributed by atoms with Crippen molar-refractivity contribution in [3.05, 3.63) is 64.2 Å². The van der Waals surface area contributed by atoms with Gasteiger partial charge in [0.2, 0.25) is 5.91 Å². The number of likely N-dealkylation sites (tertiary alicyclic amines) is 1. The van der Waals surface area contributed by atoms with Crippen molar-refractivity contribution in [2.75, 3.05) is 25.0 Å². The normalized spacial score (nSPS) is 21.1. The lowest BCUT2D eigenvalue weighted by atomic mass is 9.90. The third-order valence-electron chi connectivity index (χ3n) is 5.65. The molecular weight excluding hydrogens is 465 g/mol. The van der Waals surface area contributed by atoms with Crippen molar-refractivity contribution in [1.82, 2.24) is 9.88 Å². The van der Waals surface area contributed by atoms with Crippen molar-refractivity contribution in [3.63, 3.8) is 0 Å². The van der Waals surface area contributed by atoms with E-state index in [1.165, 1.54) is 23.5 Å². The van der Waals surface area contributed by atoms with Gasteiger partial charge in [-0.25, -0.2) is 9.37 Å². The zero-order chi connectivity index (χ0) is 23.6. The topological polar surface area (TPSA) is 74.7 Å². The van der Waals surface area contributed by atoms with Crippen molar-refractivity contribution in [2.45, 2.75) is 32.0 Å². The number of thiazole rings is 1. The van der Waals surface area contributed by atoms with Gasteiger partial charge in [-0.05, 0) is 62.7 Å². The number of carbonyl (C=O) groups excluding carboxylic acids is 1. The van der Waals surface area contributed by atoms with Crippen LogP contribution in [0.5, 0.6) is 5.75 Å². The fraction of sp³-hybridized carbons (Fsp3) is 0.333. The van der Waals surface area contributed by atoms with E-state index in [0.29, 0.717) is 35.4 Å². The first-order valence-electron chi connectivity index (χ1n) is 10.6. The fourth-order valence-electron chi connectivity index (χ4n) is 3.77. The number of nitrogens with zero attached hydrogens (tertiary/aromatic N) is 2. The van der Waals surface area contributed by atoms with Crippen LogP contribution in [0.15, 0.2) is 48.5 Å². The Morgan fingerprint density at radius 1 is 1.36 bits per heavy atom. The number of anilines is 1. The van der Waals surface area contributed by atoms with Crippen LogP contribution >= 0.6 is 22.9 Å². The molecule has 1 amide bonds. The molecule has 1 aromatic heterocycles. The number of amides is 1. The van der Waals surface area contributed by atoms with Crippen LogP contribution in [0.1, 0.15) is 18.2 Å². The molecule has 3 aromatic rings. The van der Waals surface area contributed by atoms with E-state index in [9.17, 15) is 14.3 Å². The summed E-state index contributed by atoms with van der Waals surface area (Å²) in [5.74, 6) is 0.0708. The summed E-state index contributed by atoms with van der Waals surface area (Å²) in [5.41, 5.74) is 0.496. The maximum atomic E-state index is 13.2. The number of carbonyl (C=O) groups is 1. The number of piperidine rings is 1. The lowest BCUT2D eigenvalue weighted by Gasteiger charge is -2.42. The molecule has 2 aromatic carbocycles. The molecule has 1 aliphatic rings. The number of benzene rings is 2. The molecule has 0 bridgehead atoms. The van der Waals surface area contributed by atoms with Crippen LogP contribution in [-0.4, -0.2) is 52.2 Å². The Balaban J connectivity index is 1.38. The van der Waals surface area contributed by atoms with Gasteiger partial charge in [0.25, 0.3) is 0 Å². The summed E-state index contributed by atoms with van der Waals surface area (Å²) in [6.45, 7) is 4.76. The molecule has 174 valence electrons. The maximum Gasteiger partial charge on any atom is 0.240 e. The van der Waals surface area contributed by atoms with Crippen molar-refractivity contribution in [1.29, 1.82) is 0 Å². The quantitative estimate of drug-likeness (QED) is 0.522. The first-order chi connectivity index (χ1) is 15.7. The lowest BCUT2D eigenvalue weighted by Crippen LogP contribution is -2.57. The van der Waals surface area contributed by atoms with E-state index < -0.39 is 11.7 Å². The molecule has 33 heavy (non-hydrogen) atoms. The van der Waals surface area contributed by atoms with E-state index in [2.05, 4.69) is 10.3 Å². The van der Waals surface area contributed by atoms with Gasteiger partial charge in [-0.2, -0.15) is 0 Å². The average Bonchev–Trinajstić information content (AvgIpc) is 3.11. The minimum Gasteiger partial charge on any atom is -0.486 e. The van der Waals surface area contributed by atoms with Crippen molar-refractivity contribution in [2.24, 2.45) is 0 Å². The summed E-state index contributed by atoms with van der Waals surface area (Å²) in [5, 5.41) is 14.7. The molecule has 1 fully saturated rings. The second-order valence-electron chi connectivity index (χ2n) is 8.39. The van der Waals surface area contributed by atoms with E-state index in [4.69, 9.17) is 16.3 Å². The Bertz CT molecular complexity index is 1140. The van der Waals surface area contributed by atoms with E-state index in [1.54, 1.807) is 43.3 Å². The molecule has 6 nitrogen and oxygen atoms in total. The molecule has 0 spiro atoms. The van der Waals surface area contributed by atoms with E-state index in [-0.39, 0.29) is 18.3 Å². The van der Waals surface area contributed by atoms with Gasteiger partial charge in [-0.1, -0.05) is 17.7 Å². The van der Waals surface area contributed by atoms with Gasteiger partial charge >= 0.3 is 0 Å². The minimum absolute atomic E-state index is 0.149. The van der Waals surface area contributed by atoms with Crippen LogP contribution in [0.4, 0.5) is 9.52 Å². The zero-order valence-electron chi connectivity index (χ0n) is 18.3. The molecule has 2 heterocycles. The van der Waals surface area contributed by atoms with Crippen molar-refractivity contribution in [3.8, 4) is 17.0 Å². The number of aromatic nitrogens is 1. The van der Waals surface area contributed by atoms with Crippen LogP contribution in [0, 0.1) is 12.7 Å². The van der Waals surface area contributed by atoms with Gasteiger partial charge in [0.1, 0.15) is 23.3 Å². The molecule has 2 atom stereocenters. The van der Waals surface area contributed by atoms with Crippen molar-refractivity contribution >= 4 is 34.0 Å². The van der Waals surface area contributed by atoms with Gasteiger partial charge in [0, 0.05) is 28.6 Å². The number of rotatable bonds is 6. The summed E-state index contributed by atoms with van der Waals surface area (Å²) < 4.78 is 19.2. The molecule has 0 radical (unpaired) electrons. The number of hydrogen-bond donors (Lipinski definition) is 2. The number of halogens is 2. The molecule has 0 aliphatic carbocycles. The zero-order valence-corrected chi connectivity index (χ0v) is 19.9. The molecule has 9 heteroatoms. The number of hydrogen-bond acceptors (Lipinski definition) is 6. The number of aryl methyl sites for hydroxylation is 1. The number of nitrogens with one attached hydrogen (secondary N) is 1. The van der Waals surface area contributed by atoms with E-state index in [1.807, 2.05) is 11.8 Å². The van der Waals surface area contributed by atoms with Gasteiger partial charge in [-0.15, -0.1) is 11.3 Å². The Hall–Kier alpha value is -2.52. The third-order valence-corrected chi connectivity index (χ3v) is 6.78. The summed E-state index contributed by atoms with van der Waals surface area (Å²) in [7, 11) is 0. The minimum atomic E-state index is -1.02. The SMILES string of the molecule is Cc1sc(NC(=O)CN2CC[C@](C)(O)[C@@H](Oc3cccc(Cl)c3)C2)nc1-c1ccc(F)cc1. The van der Waals surface area contributed by atoms with Crippen LogP contribution in [-0.2, 0) is 4.79 Å². The largest absolute Gasteiger partial charge is 0.486 e. The number of ether oxygens (including phenoxy) is 1. The first-order valence-corrected chi connectivity index (χ1v) is 11.8. The lowest BCUT2D eigenvalue weighted by molar-refractivity contribution is -0.122. The van der Waals surface area contributed by atoms with Gasteiger partial charge in [0.15, 0.2) is 5.13 Å². The summed E-state index contributed by atoms with van der Waals surface area (Å²) in [6, 6.07) is 13.1. The average molecular weight is 490 g/mol. The molecule has 1 aliphatic heterocycles. The second-order valence-corrected chi connectivity index (χ2v) is 10.0. The Kier molecular flexibility index (Phi) is 6.99. The molecular formula is C24H25ClFN3O3S. The highest BCUT2D eigenvalue weighted by Crippen LogP contribution is 2.31. The summed E-state index contributed by atoms with van der Waals surface area (Å²) in [6.07, 6.45) is -0.0407. The summed E-state index contributed by atoms with van der Waals surface area (Å²) >= 11 is 7.41. The third kappa shape index (κ3) is 5.89. The van der Waals surface area contributed by atoms with Gasteiger partial charge in [0.05, 0.1) is 12.2 Å². The molecule has 2 N–H and O–H groups in total. The highest BCUT2D eigenvalue weighted by Gasteiger charge is 2.40. The highest BCUT2D eigenvalue weighted by atomic mass is 35.5.